The van der Waals surface area contributed by atoms with Gasteiger partial charge in [-0.25, -0.2) is 0 Å². The van der Waals surface area contributed by atoms with Crippen LogP contribution in [0.25, 0.3) is 10.9 Å². The molecule has 1 heterocycles. The lowest BCUT2D eigenvalue weighted by Crippen LogP contribution is -2.22. The summed E-state index contributed by atoms with van der Waals surface area (Å²) in [5.74, 6) is 0.232. The van der Waals surface area contributed by atoms with Crippen molar-refractivity contribution >= 4 is 16.8 Å². The predicted octanol–water partition coefficient (Wildman–Crippen LogP) is 5.70. The Morgan fingerprint density at radius 3 is 2.23 bits per heavy atom. The summed E-state index contributed by atoms with van der Waals surface area (Å²) in [5.41, 5.74) is 2.09. The smallest absolute Gasteiger partial charge is 0.216 e. The SMILES string of the molecule is CC(=O)NCCc1c[nH]c2ccc(O)cc12.CCCCCCCCCC. The van der Waals surface area contributed by atoms with Gasteiger partial charge in [-0.2, -0.15) is 0 Å². The van der Waals surface area contributed by atoms with Crippen LogP contribution in [0, 0.1) is 0 Å². The van der Waals surface area contributed by atoms with Gasteiger partial charge in [0.25, 0.3) is 0 Å². The second-order valence-corrected chi connectivity index (χ2v) is 6.90. The van der Waals surface area contributed by atoms with E-state index in [0.29, 0.717) is 6.54 Å². The number of phenols is 1. The highest BCUT2D eigenvalue weighted by atomic mass is 16.3. The number of carbonyl (C=O) groups is 1. The third-order valence-electron chi connectivity index (χ3n) is 4.48. The number of aromatic nitrogens is 1. The fourth-order valence-corrected chi connectivity index (χ4v) is 2.95. The zero-order valence-electron chi connectivity index (χ0n) is 16.7. The average Bonchev–Trinajstić information content (AvgIpc) is 3.01. The molecule has 1 aromatic carbocycles. The lowest BCUT2D eigenvalue weighted by Gasteiger charge is -2.01. The Morgan fingerprint density at radius 1 is 1.04 bits per heavy atom. The first-order valence-electron chi connectivity index (χ1n) is 10.1. The normalized spacial score (nSPS) is 10.4. The van der Waals surface area contributed by atoms with Gasteiger partial charge >= 0.3 is 0 Å². The van der Waals surface area contributed by atoms with Crippen molar-refractivity contribution in [3.05, 3.63) is 30.0 Å². The monoisotopic (exact) mass is 360 g/mol. The van der Waals surface area contributed by atoms with Crippen LogP contribution in [-0.4, -0.2) is 22.5 Å². The number of hydrogen-bond acceptors (Lipinski definition) is 2. The molecule has 3 N–H and O–H groups in total. The number of phenolic OH excluding ortho intramolecular Hbond substituents is 1. The van der Waals surface area contributed by atoms with Crippen molar-refractivity contribution < 1.29 is 9.90 Å². The van der Waals surface area contributed by atoms with Crippen molar-refractivity contribution in [3.63, 3.8) is 0 Å². The van der Waals surface area contributed by atoms with Crippen LogP contribution in [0.1, 0.15) is 77.7 Å². The van der Waals surface area contributed by atoms with Crippen LogP contribution in [0.2, 0.25) is 0 Å². The van der Waals surface area contributed by atoms with Crippen molar-refractivity contribution in [1.29, 1.82) is 0 Å². The van der Waals surface area contributed by atoms with Crippen molar-refractivity contribution in [3.8, 4) is 5.75 Å². The van der Waals surface area contributed by atoms with Crippen LogP contribution in [0.5, 0.6) is 5.75 Å². The van der Waals surface area contributed by atoms with E-state index < -0.39 is 0 Å². The second-order valence-electron chi connectivity index (χ2n) is 6.90. The van der Waals surface area contributed by atoms with Crippen molar-refractivity contribution in [1.82, 2.24) is 10.3 Å². The molecule has 2 aromatic rings. The molecular formula is C22H36N2O2. The van der Waals surface area contributed by atoms with E-state index in [9.17, 15) is 9.90 Å². The number of aromatic hydroxyl groups is 1. The number of hydrogen-bond donors (Lipinski definition) is 3. The number of rotatable bonds is 10. The minimum atomic E-state index is -0.0253. The first-order valence-corrected chi connectivity index (χ1v) is 10.1. The molecule has 4 heteroatoms. The molecule has 1 amide bonds. The fourth-order valence-electron chi connectivity index (χ4n) is 2.95. The van der Waals surface area contributed by atoms with E-state index in [-0.39, 0.29) is 11.7 Å². The Kier molecular flexibility index (Phi) is 11.3. The summed E-state index contributed by atoms with van der Waals surface area (Å²) in [5, 5.41) is 13.2. The van der Waals surface area contributed by atoms with Crippen LogP contribution in [0.3, 0.4) is 0 Å². The average molecular weight is 361 g/mol. The lowest BCUT2D eigenvalue weighted by molar-refractivity contribution is -0.118. The zero-order valence-corrected chi connectivity index (χ0v) is 16.7. The fraction of sp³-hybridized carbons (Fsp3) is 0.591. The second kappa shape index (κ2) is 13.3. The molecule has 0 radical (unpaired) electrons. The molecule has 0 atom stereocenters. The summed E-state index contributed by atoms with van der Waals surface area (Å²) in [4.78, 5) is 13.9. The van der Waals surface area contributed by atoms with Gasteiger partial charge in [0.15, 0.2) is 0 Å². The van der Waals surface area contributed by atoms with Gasteiger partial charge in [-0.1, -0.05) is 65.2 Å². The molecule has 0 aliphatic carbocycles. The van der Waals surface area contributed by atoms with Gasteiger partial charge in [0.05, 0.1) is 0 Å². The van der Waals surface area contributed by atoms with Crippen molar-refractivity contribution in [2.45, 2.75) is 78.6 Å². The largest absolute Gasteiger partial charge is 0.508 e. The van der Waals surface area contributed by atoms with Gasteiger partial charge in [0, 0.05) is 30.6 Å². The highest BCUT2D eigenvalue weighted by Crippen LogP contribution is 2.22. The molecular weight excluding hydrogens is 324 g/mol. The van der Waals surface area contributed by atoms with Crippen LogP contribution < -0.4 is 5.32 Å². The third kappa shape index (κ3) is 8.93. The standard InChI is InChI=1S/C12H14N2O2.C10H22/c1-8(15)13-5-4-9-7-14-12-3-2-10(16)6-11(9)12;1-3-5-7-9-10-8-6-4-2/h2-3,6-7,14,16H,4-5H2,1H3,(H,13,15);3-10H2,1-2H3. The van der Waals surface area contributed by atoms with E-state index in [1.54, 1.807) is 12.1 Å². The maximum Gasteiger partial charge on any atom is 0.216 e. The van der Waals surface area contributed by atoms with Gasteiger partial charge in [-0.15, -0.1) is 0 Å². The minimum absolute atomic E-state index is 0.0253. The van der Waals surface area contributed by atoms with Gasteiger partial charge in [0.2, 0.25) is 5.91 Å². The highest BCUT2D eigenvalue weighted by molar-refractivity contribution is 5.84. The van der Waals surface area contributed by atoms with E-state index in [2.05, 4.69) is 24.1 Å². The number of benzene rings is 1. The topological polar surface area (TPSA) is 65.1 Å². The molecule has 2 rings (SSSR count). The first kappa shape index (κ1) is 22.1. The number of amides is 1. The Morgan fingerprint density at radius 2 is 1.65 bits per heavy atom. The van der Waals surface area contributed by atoms with Crippen LogP contribution >= 0.6 is 0 Å². The Bertz CT molecular complexity index is 626. The van der Waals surface area contributed by atoms with Crippen LogP contribution in [-0.2, 0) is 11.2 Å². The molecule has 0 aliphatic heterocycles. The molecule has 0 unspecified atom stereocenters. The third-order valence-corrected chi connectivity index (χ3v) is 4.48. The number of unbranched alkanes of at least 4 members (excludes halogenated alkanes) is 7. The summed E-state index contributed by atoms with van der Waals surface area (Å²) in [6.07, 6.45) is 14.1. The maximum atomic E-state index is 10.7. The number of carbonyl (C=O) groups excluding carboxylic acids is 1. The molecule has 0 spiro atoms. The predicted molar refractivity (Wildman–Crippen MR) is 111 cm³/mol. The molecule has 146 valence electrons. The molecule has 0 saturated carbocycles. The van der Waals surface area contributed by atoms with E-state index in [1.807, 2.05) is 12.3 Å². The van der Waals surface area contributed by atoms with Gasteiger partial charge in [-0.05, 0) is 30.2 Å². The summed E-state index contributed by atoms with van der Waals surface area (Å²) < 4.78 is 0. The quantitative estimate of drug-likeness (QED) is 0.476. The van der Waals surface area contributed by atoms with Crippen molar-refractivity contribution in [2.24, 2.45) is 0 Å². The number of H-pyrrole nitrogens is 1. The number of nitrogens with one attached hydrogen (secondary N) is 2. The van der Waals surface area contributed by atoms with E-state index >= 15 is 0 Å². The molecule has 0 saturated heterocycles. The molecule has 0 aliphatic rings. The van der Waals surface area contributed by atoms with E-state index in [1.165, 1.54) is 58.3 Å². The molecule has 1 aromatic heterocycles. The van der Waals surface area contributed by atoms with E-state index in [4.69, 9.17) is 0 Å². The van der Waals surface area contributed by atoms with Gasteiger partial charge < -0.3 is 15.4 Å². The summed E-state index contributed by atoms with van der Waals surface area (Å²) >= 11 is 0. The molecule has 26 heavy (non-hydrogen) atoms. The maximum absolute atomic E-state index is 10.7. The number of aromatic amines is 1. The van der Waals surface area contributed by atoms with Gasteiger partial charge in [-0.3, -0.25) is 4.79 Å². The molecule has 0 fully saturated rings. The zero-order chi connectivity index (χ0) is 19.2. The highest BCUT2D eigenvalue weighted by Gasteiger charge is 2.04. The van der Waals surface area contributed by atoms with Gasteiger partial charge in [0.1, 0.15) is 5.75 Å². The first-order chi connectivity index (χ1) is 12.6. The molecule has 0 bridgehead atoms. The van der Waals surface area contributed by atoms with E-state index in [0.717, 1.165) is 22.9 Å². The lowest BCUT2D eigenvalue weighted by atomic mass is 10.1. The van der Waals surface area contributed by atoms with Crippen LogP contribution in [0.15, 0.2) is 24.4 Å². The molecule has 4 nitrogen and oxygen atoms in total. The number of fused-ring (bicyclic) bond motifs is 1. The van der Waals surface area contributed by atoms with Crippen molar-refractivity contribution in [2.75, 3.05) is 6.54 Å². The summed E-state index contributed by atoms with van der Waals surface area (Å²) in [7, 11) is 0. The Balaban J connectivity index is 0.000000294. The van der Waals surface area contributed by atoms with Crippen LogP contribution in [0.4, 0.5) is 0 Å². The Labute approximate surface area is 158 Å². The summed E-state index contributed by atoms with van der Waals surface area (Å²) in [6.45, 7) is 6.65. The Hall–Kier alpha value is -1.97. The summed E-state index contributed by atoms with van der Waals surface area (Å²) in [6, 6.07) is 5.22. The minimum Gasteiger partial charge on any atom is -0.508 e.